The van der Waals surface area contributed by atoms with Crippen LogP contribution in [0.25, 0.3) is 0 Å². The van der Waals surface area contributed by atoms with E-state index in [9.17, 15) is 15.0 Å². The Morgan fingerprint density at radius 1 is 1.42 bits per heavy atom. The highest BCUT2D eigenvalue weighted by Gasteiger charge is 2.40. The van der Waals surface area contributed by atoms with Gasteiger partial charge in [-0.25, -0.2) is 4.79 Å². The minimum Gasteiger partial charge on any atom is -0.496 e. The Hall–Kier alpha value is -1.55. The fraction of sp³-hybridized carbons (Fsp3) is 0.533. The molecule has 1 rings (SSSR count). The molecular weight excluding hydrogens is 244 g/mol. The van der Waals surface area contributed by atoms with Gasteiger partial charge in [-0.15, -0.1) is 0 Å². The molecule has 0 bridgehead atoms. The van der Waals surface area contributed by atoms with Crippen molar-refractivity contribution in [2.24, 2.45) is 5.92 Å². The van der Waals surface area contributed by atoms with E-state index in [-0.39, 0.29) is 12.3 Å². The summed E-state index contributed by atoms with van der Waals surface area (Å²) < 4.78 is 5.25. The summed E-state index contributed by atoms with van der Waals surface area (Å²) in [5, 5.41) is 19.6. The number of carbonyl (C=O) groups is 1. The number of aliphatic hydroxyl groups is 1. The predicted octanol–water partition coefficient (Wildman–Crippen LogP) is 2.49. The number of aliphatic carboxylic acids is 1. The Bertz CT molecular complexity index is 430. The number of methoxy groups -OCH3 is 1. The summed E-state index contributed by atoms with van der Waals surface area (Å²) in [4.78, 5) is 11.3. The predicted molar refractivity (Wildman–Crippen MR) is 73.4 cm³/mol. The molecular formula is C15H22O4. The van der Waals surface area contributed by atoms with E-state index in [1.165, 1.54) is 0 Å². The molecule has 1 aromatic carbocycles. The highest BCUT2D eigenvalue weighted by Crippen LogP contribution is 2.29. The molecule has 4 heteroatoms. The van der Waals surface area contributed by atoms with E-state index in [1.54, 1.807) is 14.0 Å². The monoisotopic (exact) mass is 266 g/mol. The number of carboxylic acid groups (broad SMARTS) is 1. The van der Waals surface area contributed by atoms with E-state index < -0.39 is 11.6 Å². The minimum atomic E-state index is -1.68. The first-order valence-electron chi connectivity index (χ1n) is 6.53. The smallest absolute Gasteiger partial charge is 0.335 e. The molecule has 0 aliphatic heterocycles. The Morgan fingerprint density at radius 2 is 2.05 bits per heavy atom. The third-order valence-electron chi connectivity index (χ3n) is 3.54. The SMILES string of the molecule is CCCC(O)(C(=O)O)C(C)Cc1ccccc1OC. The first-order valence-corrected chi connectivity index (χ1v) is 6.53. The molecule has 2 N–H and O–H groups in total. The van der Waals surface area contributed by atoms with Crippen molar-refractivity contribution < 1.29 is 19.7 Å². The Kier molecular flexibility index (Phi) is 5.36. The number of ether oxygens (including phenoxy) is 1. The molecule has 0 saturated carbocycles. The Labute approximate surface area is 114 Å². The summed E-state index contributed by atoms with van der Waals surface area (Å²) in [6.07, 6.45) is 1.34. The van der Waals surface area contributed by atoms with Crippen LogP contribution in [0.3, 0.4) is 0 Å². The molecule has 0 fully saturated rings. The van der Waals surface area contributed by atoms with Crippen molar-refractivity contribution in [3.63, 3.8) is 0 Å². The van der Waals surface area contributed by atoms with Crippen LogP contribution in [0.15, 0.2) is 24.3 Å². The van der Waals surface area contributed by atoms with Gasteiger partial charge in [-0.1, -0.05) is 38.5 Å². The lowest BCUT2D eigenvalue weighted by molar-refractivity contribution is -0.165. The summed E-state index contributed by atoms with van der Waals surface area (Å²) in [6.45, 7) is 3.62. The van der Waals surface area contributed by atoms with Crippen molar-refractivity contribution in [2.45, 2.75) is 38.7 Å². The zero-order valence-electron chi connectivity index (χ0n) is 11.7. The molecule has 0 spiro atoms. The van der Waals surface area contributed by atoms with Crippen molar-refractivity contribution >= 4 is 5.97 Å². The van der Waals surface area contributed by atoms with Crippen LogP contribution in [0.5, 0.6) is 5.75 Å². The molecule has 2 unspecified atom stereocenters. The largest absolute Gasteiger partial charge is 0.496 e. The zero-order chi connectivity index (χ0) is 14.5. The quantitative estimate of drug-likeness (QED) is 0.795. The number of hydrogen-bond donors (Lipinski definition) is 2. The lowest BCUT2D eigenvalue weighted by atomic mass is 9.81. The molecule has 19 heavy (non-hydrogen) atoms. The van der Waals surface area contributed by atoms with Crippen LogP contribution >= 0.6 is 0 Å². The van der Waals surface area contributed by atoms with Gasteiger partial charge in [-0.3, -0.25) is 0 Å². The zero-order valence-corrected chi connectivity index (χ0v) is 11.7. The number of rotatable bonds is 7. The average molecular weight is 266 g/mol. The number of carboxylic acids is 1. The van der Waals surface area contributed by atoms with Crippen molar-refractivity contribution in [1.29, 1.82) is 0 Å². The van der Waals surface area contributed by atoms with Crippen molar-refractivity contribution in [3.8, 4) is 5.75 Å². The lowest BCUT2D eigenvalue weighted by Crippen LogP contribution is -2.45. The van der Waals surface area contributed by atoms with E-state index >= 15 is 0 Å². The van der Waals surface area contributed by atoms with Crippen LogP contribution in [0.2, 0.25) is 0 Å². The molecule has 0 saturated heterocycles. The van der Waals surface area contributed by atoms with Gasteiger partial charge in [0.05, 0.1) is 7.11 Å². The summed E-state index contributed by atoms with van der Waals surface area (Å²) in [6, 6.07) is 7.47. The maximum Gasteiger partial charge on any atom is 0.335 e. The van der Waals surface area contributed by atoms with Gasteiger partial charge in [-0.05, 0) is 30.4 Å². The van der Waals surface area contributed by atoms with E-state index in [1.807, 2.05) is 31.2 Å². The van der Waals surface area contributed by atoms with Gasteiger partial charge < -0.3 is 14.9 Å². The molecule has 0 heterocycles. The van der Waals surface area contributed by atoms with Gasteiger partial charge >= 0.3 is 5.97 Å². The van der Waals surface area contributed by atoms with Crippen molar-refractivity contribution in [1.82, 2.24) is 0 Å². The van der Waals surface area contributed by atoms with Crippen molar-refractivity contribution in [2.75, 3.05) is 7.11 Å². The van der Waals surface area contributed by atoms with Crippen LogP contribution in [0.4, 0.5) is 0 Å². The molecule has 0 aliphatic carbocycles. The second kappa shape index (κ2) is 6.57. The van der Waals surface area contributed by atoms with Crippen LogP contribution in [0.1, 0.15) is 32.3 Å². The summed E-state index contributed by atoms with van der Waals surface area (Å²) in [7, 11) is 1.58. The molecule has 0 amide bonds. The van der Waals surface area contributed by atoms with Gasteiger partial charge in [0.15, 0.2) is 5.60 Å². The Morgan fingerprint density at radius 3 is 2.58 bits per heavy atom. The molecule has 106 valence electrons. The first kappa shape index (κ1) is 15.5. The molecule has 4 nitrogen and oxygen atoms in total. The van der Waals surface area contributed by atoms with Gasteiger partial charge in [0.1, 0.15) is 5.75 Å². The summed E-state index contributed by atoms with van der Waals surface area (Å²) >= 11 is 0. The number of hydrogen-bond acceptors (Lipinski definition) is 3. The van der Waals surface area contributed by atoms with Crippen LogP contribution in [-0.2, 0) is 11.2 Å². The maximum absolute atomic E-state index is 11.3. The Balaban J connectivity index is 2.93. The normalized spacial score (nSPS) is 15.6. The highest BCUT2D eigenvalue weighted by molar-refractivity contribution is 5.77. The van der Waals surface area contributed by atoms with Crippen LogP contribution in [-0.4, -0.2) is 28.9 Å². The molecule has 0 aromatic heterocycles. The van der Waals surface area contributed by atoms with Gasteiger partial charge in [-0.2, -0.15) is 0 Å². The molecule has 1 aromatic rings. The second-order valence-corrected chi connectivity index (χ2v) is 4.90. The van der Waals surface area contributed by atoms with Gasteiger partial charge in [0.25, 0.3) is 0 Å². The second-order valence-electron chi connectivity index (χ2n) is 4.90. The standard InChI is InChI=1S/C15H22O4/c1-4-9-15(18,14(16)17)11(2)10-12-7-5-6-8-13(12)19-3/h5-8,11,18H,4,9-10H2,1-3H3,(H,16,17). The molecule has 2 atom stereocenters. The first-order chi connectivity index (χ1) is 8.95. The maximum atomic E-state index is 11.3. The summed E-state index contributed by atoms with van der Waals surface area (Å²) in [5.74, 6) is -0.823. The van der Waals surface area contributed by atoms with E-state index in [0.29, 0.717) is 12.8 Å². The third-order valence-corrected chi connectivity index (χ3v) is 3.54. The van der Waals surface area contributed by atoms with Crippen LogP contribution in [0, 0.1) is 5.92 Å². The van der Waals surface area contributed by atoms with E-state index in [0.717, 1.165) is 11.3 Å². The van der Waals surface area contributed by atoms with Crippen LogP contribution < -0.4 is 4.74 Å². The summed E-state index contributed by atoms with van der Waals surface area (Å²) in [5.41, 5.74) is -0.774. The topological polar surface area (TPSA) is 66.8 Å². The highest BCUT2D eigenvalue weighted by atomic mass is 16.5. The third kappa shape index (κ3) is 3.47. The lowest BCUT2D eigenvalue weighted by Gasteiger charge is -2.30. The van der Waals surface area contributed by atoms with E-state index in [4.69, 9.17) is 4.74 Å². The molecule has 0 aliphatic rings. The van der Waals surface area contributed by atoms with Crippen molar-refractivity contribution in [3.05, 3.63) is 29.8 Å². The van der Waals surface area contributed by atoms with E-state index in [2.05, 4.69) is 0 Å². The fourth-order valence-corrected chi connectivity index (χ4v) is 2.32. The van der Waals surface area contributed by atoms with Gasteiger partial charge in [0, 0.05) is 0 Å². The number of para-hydroxylation sites is 1. The van der Waals surface area contributed by atoms with Gasteiger partial charge in [0.2, 0.25) is 0 Å². The minimum absolute atomic E-state index is 0.249. The molecule has 0 radical (unpaired) electrons. The number of benzene rings is 1. The fourth-order valence-electron chi connectivity index (χ4n) is 2.32. The average Bonchev–Trinajstić information content (AvgIpc) is 2.39.